The van der Waals surface area contributed by atoms with Crippen LogP contribution < -0.4 is 0 Å². The van der Waals surface area contributed by atoms with Crippen LogP contribution in [0.4, 0.5) is 0 Å². The molecule has 0 spiro atoms. The highest BCUT2D eigenvalue weighted by Gasteiger charge is 2.14. The van der Waals surface area contributed by atoms with Gasteiger partial charge in [0.2, 0.25) is 5.78 Å². The molecule has 0 unspecified atom stereocenters. The van der Waals surface area contributed by atoms with Crippen molar-refractivity contribution in [1.29, 1.82) is 0 Å². The van der Waals surface area contributed by atoms with E-state index in [1.165, 1.54) is 0 Å². The molecular weight excluding hydrogens is 262 g/mol. The van der Waals surface area contributed by atoms with Crippen molar-refractivity contribution in [3.8, 4) is 11.3 Å². The topological polar surface area (TPSA) is 42.5 Å². The molecule has 0 radical (unpaired) electrons. The molecule has 4 heteroatoms. The van der Waals surface area contributed by atoms with Gasteiger partial charge in [0.25, 0.3) is 0 Å². The lowest BCUT2D eigenvalue weighted by Gasteiger charge is -2.00. The number of imidazole rings is 2. The third-order valence-corrected chi connectivity index (χ3v) is 3.73. The van der Waals surface area contributed by atoms with Gasteiger partial charge in [-0.1, -0.05) is 42.5 Å². The lowest BCUT2D eigenvalue weighted by Crippen LogP contribution is -2.00. The number of hydrogen-bond acceptors (Lipinski definition) is 2. The molecule has 4 nitrogen and oxygen atoms in total. The van der Waals surface area contributed by atoms with Crippen LogP contribution in [0, 0.1) is 0 Å². The summed E-state index contributed by atoms with van der Waals surface area (Å²) in [5.74, 6) is 0.865. The van der Waals surface area contributed by atoms with E-state index in [0.717, 1.165) is 28.1 Å². The van der Waals surface area contributed by atoms with Gasteiger partial charge >= 0.3 is 0 Å². The summed E-state index contributed by atoms with van der Waals surface area (Å²) in [6.07, 6.45) is 2.06. The van der Waals surface area contributed by atoms with Crippen molar-refractivity contribution in [1.82, 2.24) is 14.0 Å². The predicted molar refractivity (Wildman–Crippen MR) is 83.2 cm³/mol. The van der Waals surface area contributed by atoms with Gasteiger partial charge in [-0.3, -0.25) is 4.40 Å². The molecule has 0 saturated heterocycles. The lowest BCUT2D eigenvalue weighted by molar-refractivity contribution is 0.277. The second-order valence-corrected chi connectivity index (χ2v) is 5.03. The van der Waals surface area contributed by atoms with Crippen molar-refractivity contribution in [2.24, 2.45) is 0 Å². The minimum absolute atomic E-state index is 0.0990. The maximum Gasteiger partial charge on any atom is 0.215 e. The number of aliphatic hydroxyl groups excluding tert-OH is 1. The molecule has 0 amide bonds. The van der Waals surface area contributed by atoms with Gasteiger partial charge in [-0.2, -0.15) is 0 Å². The zero-order valence-electron chi connectivity index (χ0n) is 11.5. The number of fused-ring (bicyclic) bond motifs is 3. The van der Waals surface area contributed by atoms with Crippen molar-refractivity contribution in [2.45, 2.75) is 6.54 Å². The summed E-state index contributed by atoms with van der Waals surface area (Å²) in [6.45, 7) is 0.640. The zero-order valence-corrected chi connectivity index (χ0v) is 11.5. The van der Waals surface area contributed by atoms with E-state index in [2.05, 4.69) is 28.8 Å². The third kappa shape index (κ3) is 1.84. The summed E-state index contributed by atoms with van der Waals surface area (Å²) in [5.41, 5.74) is 4.29. The molecule has 0 aliphatic heterocycles. The predicted octanol–water partition coefficient (Wildman–Crippen LogP) is 2.95. The second kappa shape index (κ2) is 4.75. The molecule has 21 heavy (non-hydrogen) atoms. The largest absolute Gasteiger partial charge is 0.395 e. The number of aromatic nitrogens is 3. The van der Waals surface area contributed by atoms with Gasteiger partial charge in [-0.15, -0.1) is 0 Å². The van der Waals surface area contributed by atoms with E-state index in [1.54, 1.807) is 0 Å². The number of benzene rings is 2. The van der Waals surface area contributed by atoms with Crippen LogP contribution >= 0.6 is 0 Å². The van der Waals surface area contributed by atoms with E-state index in [4.69, 9.17) is 4.98 Å². The molecule has 4 rings (SSSR count). The fourth-order valence-corrected chi connectivity index (χ4v) is 2.79. The molecular formula is C17H15N3O. The van der Waals surface area contributed by atoms with Crippen LogP contribution in [0.25, 0.3) is 28.1 Å². The molecule has 4 aromatic rings. The van der Waals surface area contributed by atoms with Crippen molar-refractivity contribution in [2.75, 3.05) is 6.61 Å². The van der Waals surface area contributed by atoms with Crippen molar-refractivity contribution in [3.63, 3.8) is 0 Å². The maximum absolute atomic E-state index is 9.28. The van der Waals surface area contributed by atoms with Crippen molar-refractivity contribution in [3.05, 3.63) is 60.8 Å². The number of hydrogen-bond donors (Lipinski definition) is 1. The Bertz CT molecular complexity index is 906. The van der Waals surface area contributed by atoms with E-state index in [0.29, 0.717) is 6.54 Å². The number of nitrogens with zero attached hydrogens (tertiary/aromatic N) is 3. The van der Waals surface area contributed by atoms with E-state index in [9.17, 15) is 5.11 Å². The number of rotatable bonds is 3. The lowest BCUT2D eigenvalue weighted by atomic mass is 10.2. The van der Waals surface area contributed by atoms with Gasteiger partial charge in [-0.05, 0) is 12.1 Å². The fourth-order valence-electron chi connectivity index (χ4n) is 2.79. The van der Waals surface area contributed by atoms with E-state index in [-0.39, 0.29) is 6.61 Å². The summed E-state index contributed by atoms with van der Waals surface area (Å²) in [6, 6.07) is 18.4. The van der Waals surface area contributed by atoms with Crippen LogP contribution in [0.3, 0.4) is 0 Å². The molecule has 2 aromatic heterocycles. The molecule has 1 N–H and O–H groups in total. The molecule has 104 valence electrons. The minimum atomic E-state index is 0.0990. The van der Waals surface area contributed by atoms with Gasteiger partial charge in [0.05, 0.1) is 23.3 Å². The molecule has 2 aromatic carbocycles. The van der Waals surface area contributed by atoms with Gasteiger partial charge in [0, 0.05) is 18.3 Å². The summed E-state index contributed by atoms with van der Waals surface area (Å²) in [4.78, 5) is 4.69. The first-order valence-electron chi connectivity index (χ1n) is 7.01. The van der Waals surface area contributed by atoms with E-state index >= 15 is 0 Å². The zero-order chi connectivity index (χ0) is 14.2. The SMILES string of the molecule is OCCn1cc(-c2ccccc2)n2c3ccccc3nc12. The molecule has 2 heterocycles. The summed E-state index contributed by atoms with van der Waals surface area (Å²) < 4.78 is 4.16. The summed E-state index contributed by atoms with van der Waals surface area (Å²) in [5, 5.41) is 9.28. The van der Waals surface area contributed by atoms with Crippen LogP contribution in [0.15, 0.2) is 60.8 Å². The first-order chi connectivity index (χ1) is 10.4. The first kappa shape index (κ1) is 12.2. The van der Waals surface area contributed by atoms with Gasteiger partial charge in [0.15, 0.2) is 0 Å². The highest BCUT2D eigenvalue weighted by molar-refractivity contribution is 5.83. The van der Waals surface area contributed by atoms with E-state index in [1.807, 2.05) is 41.0 Å². The Morgan fingerprint density at radius 3 is 2.52 bits per heavy atom. The molecule has 0 bridgehead atoms. The average molecular weight is 277 g/mol. The monoisotopic (exact) mass is 277 g/mol. The van der Waals surface area contributed by atoms with Gasteiger partial charge in [0.1, 0.15) is 0 Å². The Balaban J connectivity index is 2.10. The normalized spacial score (nSPS) is 11.5. The standard InChI is InChI=1S/C17H15N3O/c21-11-10-19-12-16(13-6-2-1-3-7-13)20-15-9-5-4-8-14(15)18-17(19)20/h1-9,12,21H,10-11H2. The number of para-hydroxylation sites is 2. The van der Waals surface area contributed by atoms with Crippen LogP contribution in [0.5, 0.6) is 0 Å². The smallest absolute Gasteiger partial charge is 0.215 e. The molecule has 0 fully saturated rings. The Morgan fingerprint density at radius 1 is 0.952 bits per heavy atom. The maximum atomic E-state index is 9.28. The van der Waals surface area contributed by atoms with Crippen LogP contribution in [-0.2, 0) is 6.54 Å². The fraction of sp³-hybridized carbons (Fsp3) is 0.118. The molecule has 0 aliphatic rings. The van der Waals surface area contributed by atoms with Crippen LogP contribution in [0.1, 0.15) is 0 Å². The number of aliphatic hydroxyl groups is 1. The Morgan fingerprint density at radius 2 is 1.71 bits per heavy atom. The average Bonchev–Trinajstić information content (AvgIpc) is 3.07. The van der Waals surface area contributed by atoms with E-state index < -0.39 is 0 Å². The van der Waals surface area contributed by atoms with Crippen molar-refractivity contribution >= 4 is 16.8 Å². The first-order valence-corrected chi connectivity index (χ1v) is 7.01. The summed E-state index contributed by atoms with van der Waals surface area (Å²) in [7, 11) is 0. The molecule has 0 atom stereocenters. The highest BCUT2D eigenvalue weighted by atomic mass is 16.3. The van der Waals surface area contributed by atoms with Crippen LogP contribution in [-0.4, -0.2) is 25.7 Å². The Hall–Kier alpha value is -2.59. The highest BCUT2D eigenvalue weighted by Crippen LogP contribution is 2.27. The quantitative estimate of drug-likeness (QED) is 0.625. The van der Waals surface area contributed by atoms with Crippen LogP contribution in [0.2, 0.25) is 0 Å². The van der Waals surface area contributed by atoms with Crippen molar-refractivity contribution < 1.29 is 5.11 Å². The Labute approximate surface area is 121 Å². The third-order valence-electron chi connectivity index (χ3n) is 3.73. The van der Waals surface area contributed by atoms with Gasteiger partial charge < -0.3 is 9.67 Å². The minimum Gasteiger partial charge on any atom is -0.395 e. The van der Waals surface area contributed by atoms with Gasteiger partial charge in [-0.25, -0.2) is 4.98 Å². The second-order valence-electron chi connectivity index (χ2n) is 5.03. The molecule has 0 saturated carbocycles. The Kier molecular flexibility index (Phi) is 2.75. The summed E-state index contributed by atoms with van der Waals surface area (Å²) >= 11 is 0. The molecule has 0 aliphatic carbocycles.